The molecule has 0 bridgehead atoms. The van der Waals surface area contributed by atoms with Gasteiger partial charge >= 0.3 is 6.09 Å². The van der Waals surface area contributed by atoms with Gasteiger partial charge in [0.15, 0.2) is 11.6 Å². The van der Waals surface area contributed by atoms with Gasteiger partial charge < -0.3 is 34.5 Å². The van der Waals surface area contributed by atoms with E-state index in [1.807, 2.05) is 0 Å². The van der Waals surface area contributed by atoms with Gasteiger partial charge in [-0.1, -0.05) is 13.8 Å². The van der Waals surface area contributed by atoms with Crippen LogP contribution < -0.4 is 10.6 Å². The zero-order chi connectivity index (χ0) is 35.9. The lowest BCUT2D eigenvalue weighted by atomic mass is 9.71. The average molecular weight is 677 g/mol. The number of carbonyl (C=O) groups excluding carboxylic acids is 7. The predicted molar refractivity (Wildman–Crippen MR) is 172 cm³/mol. The summed E-state index contributed by atoms with van der Waals surface area (Å²) >= 11 is 0. The summed E-state index contributed by atoms with van der Waals surface area (Å²) in [6.45, 7) is 10.7. The second-order valence-electron chi connectivity index (χ2n) is 11.9. The van der Waals surface area contributed by atoms with Gasteiger partial charge in [-0.2, -0.15) is 0 Å². The number of hydrogen-bond acceptors (Lipinski definition) is 11. The van der Waals surface area contributed by atoms with Crippen molar-refractivity contribution >= 4 is 41.3 Å². The fourth-order valence-electron chi connectivity index (χ4n) is 4.94. The number of Topliss-reactive ketones (excluding diaryl/α,β-unsaturated/α-hetero) is 2. The monoisotopic (exact) mass is 676 g/mol. The van der Waals surface area contributed by atoms with Gasteiger partial charge in [-0.05, 0) is 20.8 Å². The van der Waals surface area contributed by atoms with Crippen LogP contribution in [0.4, 0.5) is 4.79 Å². The van der Waals surface area contributed by atoms with Gasteiger partial charge in [0.1, 0.15) is 6.61 Å². The van der Waals surface area contributed by atoms with Crippen LogP contribution in [0.5, 0.6) is 0 Å². The minimum absolute atomic E-state index is 0.00914. The van der Waals surface area contributed by atoms with Crippen molar-refractivity contribution in [2.75, 3.05) is 79.5 Å². The van der Waals surface area contributed by atoms with Gasteiger partial charge in [0.25, 0.3) is 11.8 Å². The number of ketones is 2. The number of hydrogen-bond donors (Lipinski definition) is 2. The quantitative estimate of drug-likeness (QED) is 0.0998. The molecule has 0 aromatic heterocycles. The number of nitrogens with zero attached hydrogens (tertiary/aromatic N) is 2. The Morgan fingerprint density at radius 1 is 0.750 bits per heavy atom. The Hall–Kier alpha value is -4.21. The van der Waals surface area contributed by atoms with Gasteiger partial charge in [0.2, 0.25) is 11.8 Å². The third-order valence-electron chi connectivity index (χ3n) is 7.83. The molecule has 2 aliphatic rings. The highest BCUT2D eigenvalue weighted by Crippen LogP contribution is 2.39. The lowest BCUT2D eigenvalue weighted by Gasteiger charge is -2.32. The molecule has 0 unspecified atom stereocenters. The van der Waals surface area contributed by atoms with Crippen LogP contribution in [0.15, 0.2) is 34.4 Å². The fourth-order valence-corrected chi connectivity index (χ4v) is 4.94. The van der Waals surface area contributed by atoms with Crippen LogP contribution in [0.2, 0.25) is 0 Å². The number of rotatable bonds is 21. The summed E-state index contributed by atoms with van der Waals surface area (Å²) in [7, 11) is 1.58. The van der Waals surface area contributed by atoms with Crippen LogP contribution in [-0.2, 0) is 47.7 Å². The first kappa shape index (κ1) is 40.0. The maximum Gasteiger partial charge on any atom is 0.407 e. The molecule has 0 radical (unpaired) electrons. The third-order valence-corrected chi connectivity index (χ3v) is 7.83. The molecule has 0 fully saturated rings. The molecular weight excluding hydrogens is 628 g/mol. The van der Waals surface area contributed by atoms with Gasteiger partial charge in [-0.3, -0.25) is 33.7 Å². The van der Waals surface area contributed by atoms with Crippen LogP contribution >= 0.6 is 0 Å². The minimum Gasteiger partial charge on any atom is -0.448 e. The first-order valence-electron chi connectivity index (χ1n) is 15.8. The summed E-state index contributed by atoms with van der Waals surface area (Å²) in [6.07, 6.45) is 1.87. The van der Waals surface area contributed by atoms with Crippen molar-refractivity contribution in [2.45, 2.75) is 47.5 Å². The molecule has 1 aliphatic heterocycles. The standard InChI is InChI=1S/C33H48N4O11/c1-22-23(2)31(43)29(24(3)30(22)42)33(4,5)21-28(41)36(6)13-16-48-32(44)35-11-15-46-18-20-47-19-17-45-14-9-25(38)34-10-12-37-26(39)7-8-27(37)40/h7-8H,9-21H2,1-6H3,(H,34,38)(H,35,44). The van der Waals surface area contributed by atoms with Gasteiger partial charge in [-0.15, -0.1) is 0 Å². The number of allylic oxidation sites excluding steroid dienone is 4. The summed E-state index contributed by atoms with van der Waals surface area (Å²) in [5.41, 5.74) is 0.695. The largest absolute Gasteiger partial charge is 0.448 e. The lowest BCUT2D eigenvalue weighted by Crippen LogP contribution is -2.38. The van der Waals surface area contributed by atoms with E-state index in [0.717, 1.165) is 4.90 Å². The zero-order valence-electron chi connectivity index (χ0n) is 28.7. The summed E-state index contributed by atoms with van der Waals surface area (Å²) in [5, 5.41) is 5.18. The van der Waals surface area contributed by atoms with Crippen LogP contribution in [0.1, 0.15) is 47.5 Å². The second-order valence-corrected chi connectivity index (χ2v) is 11.9. The fraction of sp³-hybridized carbons (Fsp3) is 0.606. The molecule has 0 aromatic rings. The van der Waals surface area contributed by atoms with Crippen molar-refractivity contribution in [1.29, 1.82) is 0 Å². The molecule has 1 heterocycles. The first-order chi connectivity index (χ1) is 22.7. The molecule has 0 atom stereocenters. The molecule has 0 saturated carbocycles. The SMILES string of the molecule is CC1=C(C)C(=O)C(C(C)(C)CC(=O)N(C)CCOC(=O)NCCOCCOCCOCCC(=O)NCCN2C(=O)C=CC2=O)=C(C)C1=O. The second kappa shape index (κ2) is 19.6. The molecule has 266 valence electrons. The van der Waals surface area contributed by atoms with E-state index in [1.54, 1.807) is 41.7 Å². The summed E-state index contributed by atoms with van der Waals surface area (Å²) < 4.78 is 21.3. The summed E-state index contributed by atoms with van der Waals surface area (Å²) in [5.74, 6) is -1.68. The van der Waals surface area contributed by atoms with Crippen LogP contribution in [0.3, 0.4) is 0 Å². The molecule has 15 nitrogen and oxygen atoms in total. The number of imide groups is 1. The van der Waals surface area contributed by atoms with E-state index in [0.29, 0.717) is 42.1 Å². The van der Waals surface area contributed by atoms with Crippen molar-refractivity contribution < 1.29 is 52.5 Å². The van der Waals surface area contributed by atoms with E-state index in [1.165, 1.54) is 17.1 Å². The zero-order valence-corrected chi connectivity index (χ0v) is 28.7. The molecule has 48 heavy (non-hydrogen) atoms. The lowest BCUT2D eigenvalue weighted by molar-refractivity contribution is -0.137. The number of likely N-dealkylation sites (N-methyl/N-ethyl adjacent to an activating group) is 1. The van der Waals surface area contributed by atoms with Gasteiger partial charge in [-0.25, -0.2) is 4.79 Å². The van der Waals surface area contributed by atoms with E-state index in [-0.39, 0.29) is 88.8 Å². The van der Waals surface area contributed by atoms with E-state index < -0.39 is 23.3 Å². The Bertz CT molecular complexity index is 1310. The normalized spacial score (nSPS) is 15.1. The van der Waals surface area contributed by atoms with Crippen LogP contribution in [-0.4, -0.2) is 131 Å². The summed E-state index contributed by atoms with van der Waals surface area (Å²) in [4.78, 5) is 87.5. The molecule has 0 saturated heterocycles. The molecule has 2 N–H and O–H groups in total. The van der Waals surface area contributed by atoms with Crippen LogP contribution in [0, 0.1) is 5.41 Å². The topological polar surface area (TPSA) is 187 Å². The smallest absolute Gasteiger partial charge is 0.407 e. The Morgan fingerprint density at radius 2 is 1.31 bits per heavy atom. The van der Waals surface area contributed by atoms with E-state index in [2.05, 4.69) is 10.6 Å². The minimum atomic E-state index is -0.858. The van der Waals surface area contributed by atoms with E-state index in [9.17, 15) is 33.6 Å². The third kappa shape index (κ3) is 12.4. The summed E-state index contributed by atoms with van der Waals surface area (Å²) in [6, 6.07) is 0. The molecule has 0 aromatic carbocycles. The van der Waals surface area contributed by atoms with E-state index >= 15 is 0 Å². The molecule has 0 spiro atoms. The molecule has 1 aliphatic carbocycles. The maximum atomic E-state index is 12.9. The number of alkyl carbamates (subject to hydrolysis) is 1. The Morgan fingerprint density at radius 3 is 1.94 bits per heavy atom. The van der Waals surface area contributed by atoms with Crippen molar-refractivity contribution in [3.05, 3.63) is 34.4 Å². The van der Waals surface area contributed by atoms with E-state index in [4.69, 9.17) is 18.9 Å². The van der Waals surface area contributed by atoms with Crippen LogP contribution in [0.25, 0.3) is 0 Å². The highest BCUT2D eigenvalue weighted by molar-refractivity contribution is 6.25. The predicted octanol–water partition coefficient (Wildman–Crippen LogP) is 0.873. The highest BCUT2D eigenvalue weighted by atomic mass is 16.6. The average Bonchev–Trinajstić information content (AvgIpc) is 3.35. The van der Waals surface area contributed by atoms with Crippen molar-refractivity contribution in [2.24, 2.45) is 5.41 Å². The number of carbonyl (C=O) groups is 7. The molecular formula is C33H48N4O11. The first-order valence-corrected chi connectivity index (χ1v) is 15.8. The number of amides is 5. The highest BCUT2D eigenvalue weighted by Gasteiger charge is 2.38. The number of ether oxygens (including phenoxy) is 4. The number of nitrogens with one attached hydrogen (secondary N) is 2. The Balaban J connectivity index is 1.45. The van der Waals surface area contributed by atoms with Crippen molar-refractivity contribution in [3.63, 3.8) is 0 Å². The maximum absolute atomic E-state index is 12.9. The van der Waals surface area contributed by atoms with Crippen molar-refractivity contribution in [3.8, 4) is 0 Å². The molecule has 2 rings (SSSR count). The Kier molecular flexibility index (Phi) is 16.3. The van der Waals surface area contributed by atoms with Gasteiger partial charge in [0.05, 0.1) is 46.2 Å². The Labute approximate surface area is 281 Å². The molecule has 5 amide bonds. The van der Waals surface area contributed by atoms with Crippen molar-refractivity contribution in [1.82, 2.24) is 20.4 Å². The van der Waals surface area contributed by atoms with Gasteiger partial charge in [0, 0.05) is 79.4 Å². The molecule has 15 heteroatoms.